The molecule has 0 unspecified atom stereocenters. The zero-order valence-corrected chi connectivity index (χ0v) is 11.6. The van der Waals surface area contributed by atoms with Crippen LogP contribution in [0.25, 0.3) is 6.08 Å². The molecule has 0 atom stereocenters. The molecule has 108 valence electrons. The number of ether oxygens (including phenoxy) is 1. The maximum atomic E-state index is 11.9. The topological polar surface area (TPSA) is 66.8 Å². The molecule has 0 aliphatic carbocycles. The van der Waals surface area contributed by atoms with Crippen molar-refractivity contribution in [1.82, 2.24) is 0 Å². The van der Waals surface area contributed by atoms with Gasteiger partial charge in [0, 0.05) is 5.57 Å². The molecule has 0 fully saturated rings. The van der Waals surface area contributed by atoms with E-state index in [0.717, 1.165) is 5.56 Å². The van der Waals surface area contributed by atoms with Gasteiger partial charge >= 0.3 is 5.97 Å². The van der Waals surface area contributed by atoms with E-state index in [1.54, 1.807) is 19.1 Å². The predicted octanol–water partition coefficient (Wildman–Crippen LogP) is 3.24. The Hall–Kier alpha value is -2.75. The van der Waals surface area contributed by atoms with Gasteiger partial charge in [0.15, 0.2) is 11.5 Å². The van der Waals surface area contributed by atoms with Gasteiger partial charge < -0.3 is 14.9 Å². The lowest BCUT2D eigenvalue weighted by molar-refractivity contribution is -0.140. The Morgan fingerprint density at radius 3 is 2.48 bits per heavy atom. The number of aromatic hydroxyl groups is 2. The predicted molar refractivity (Wildman–Crippen MR) is 79.7 cm³/mol. The molecule has 2 aromatic carbocycles. The zero-order valence-electron chi connectivity index (χ0n) is 11.6. The maximum absolute atomic E-state index is 11.9. The number of phenols is 2. The van der Waals surface area contributed by atoms with Crippen molar-refractivity contribution in [3.8, 4) is 11.5 Å². The minimum Gasteiger partial charge on any atom is -0.504 e. The van der Waals surface area contributed by atoms with Gasteiger partial charge in [-0.2, -0.15) is 0 Å². The molecule has 0 aromatic heterocycles. The van der Waals surface area contributed by atoms with Crippen molar-refractivity contribution in [3.05, 3.63) is 65.2 Å². The van der Waals surface area contributed by atoms with E-state index < -0.39 is 5.97 Å². The van der Waals surface area contributed by atoms with Crippen molar-refractivity contribution in [3.63, 3.8) is 0 Å². The summed E-state index contributed by atoms with van der Waals surface area (Å²) in [5.41, 5.74) is 1.94. The number of hydrogen-bond acceptors (Lipinski definition) is 4. The smallest absolute Gasteiger partial charge is 0.334 e. The third-order valence-corrected chi connectivity index (χ3v) is 2.92. The van der Waals surface area contributed by atoms with E-state index in [-0.39, 0.29) is 18.1 Å². The highest BCUT2D eigenvalue weighted by Crippen LogP contribution is 2.26. The second kappa shape index (κ2) is 6.61. The van der Waals surface area contributed by atoms with Gasteiger partial charge in [-0.15, -0.1) is 0 Å². The number of esters is 1. The first-order valence-corrected chi connectivity index (χ1v) is 6.47. The molecule has 0 amide bonds. The van der Waals surface area contributed by atoms with Crippen molar-refractivity contribution in [2.24, 2.45) is 0 Å². The van der Waals surface area contributed by atoms with Gasteiger partial charge in [-0.05, 0) is 36.3 Å². The second-order valence-electron chi connectivity index (χ2n) is 4.64. The number of rotatable bonds is 4. The number of hydrogen-bond donors (Lipinski definition) is 2. The molecule has 4 nitrogen and oxygen atoms in total. The van der Waals surface area contributed by atoms with E-state index in [0.29, 0.717) is 11.1 Å². The van der Waals surface area contributed by atoms with Crippen molar-refractivity contribution in [1.29, 1.82) is 0 Å². The van der Waals surface area contributed by atoms with E-state index in [2.05, 4.69) is 0 Å². The van der Waals surface area contributed by atoms with Crippen LogP contribution in [0.15, 0.2) is 54.1 Å². The fourth-order valence-corrected chi connectivity index (χ4v) is 1.78. The minimum atomic E-state index is -0.425. The highest BCUT2D eigenvalue weighted by molar-refractivity contribution is 5.93. The van der Waals surface area contributed by atoms with Gasteiger partial charge in [0.05, 0.1) is 0 Å². The molecular weight excluding hydrogens is 268 g/mol. The van der Waals surface area contributed by atoms with E-state index in [1.165, 1.54) is 12.1 Å². The fourth-order valence-electron chi connectivity index (χ4n) is 1.78. The summed E-state index contributed by atoms with van der Waals surface area (Å²) in [6.07, 6.45) is 1.59. The molecule has 0 heterocycles. The van der Waals surface area contributed by atoms with Crippen LogP contribution in [0.4, 0.5) is 0 Å². The van der Waals surface area contributed by atoms with E-state index >= 15 is 0 Å². The molecule has 2 N–H and O–H groups in total. The lowest BCUT2D eigenvalue weighted by Gasteiger charge is -2.05. The summed E-state index contributed by atoms with van der Waals surface area (Å²) < 4.78 is 5.20. The first-order valence-electron chi connectivity index (χ1n) is 6.47. The van der Waals surface area contributed by atoms with Crippen molar-refractivity contribution < 1.29 is 19.7 Å². The van der Waals surface area contributed by atoms with Crippen molar-refractivity contribution in [2.75, 3.05) is 0 Å². The van der Waals surface area contributed by atoms with Crippen molar-refractivity contribution in [2.45, 2.75) is 13.5 Å². The summed E-state index contributed by atoms with van der Waals surface area (Å²) in [6, 6.07) is 13.8. The number of carbonyl (C=O) groups excluding carboxylic acids is 1. The summed E-state index contributed by atoms with van der Waals surface area (Å²) >= 11 is 0. The first kappa shape index (κ1) is 14.7. The van der Waals surface area contributed by atoms with Crippen LogP contribution < -0.4 is 0 Å². The van der Waals surface area contributed by atoms with Crippen LogP contribution >= 0.6 is 0 Å². The summed E-state index contributed by atoms with van der Waals surface area (Å²) in [7, 11) is 0. The van der Waals surface area contributed by atoms with Gasteiger partial charge in [-0.25, -0.2) is 4.79 Å². The average molecular weight is 284 g/mol. The molecule has 0 spiro atoms. The van der Waals surface area contributed by atoms with Crippen LogP contribution in [0.5, 0.6) is 11.5 Å². The summed E-state index contributed by atoms with van der Waals surface area (Å²) in [6.45, 7) is 1.85. The largest absolute Gasteiger partial charge is 0.504 e. The van der Waals surface area contributed by atoms with Gasteiger partial charge in [0.1, 0.15) is 6.61 Å². The molecule has 0 saturated heterocycles. The normalized spacial score (nSPS) is 11.2. The van der Waals surface area contributed by atoms with Crippen LogP contribution in [-0.2, 0) is 16.1 Å². The Bertz CT molecular complexity index is 660. The summed E-state index contributed by atoms with van der Waals surface area (Å²) in [5.74, 6) is -0.850. The molecular formula is C17H16O4. The monoisotopic (exact) mass is 284 g/mol. The molecule has 21 heavy (non-hydrogen) atoms. The SMILES string of the molecule is CC(=Cc1ccc(O)c(O)c1)C(=O)OCc1ccccc1. The van der Waals surface area contributed by atoms with E-state index in [1.807, 2.05) is 30.3 Å². The van der Waals surface area contributed by atoms with Gasteiger partial charge in [-0.1, -0.05) is 36.4 Å². The number of benzene rings is 2. The molecule has 0 aliphatic rings. The second-order valence-corrected chi connectivity index (χ2v) is 4.64. The van der Waals surface area contributed by atoms with Crippen LogP contribution in [0.3, 0.4) is 0 Å². The standard InChI is InChI=1S/C17H16O4/c1-12(9-14-7-8-15(18)16(19)10-14)17(20)21-11-13-5-3-2-4-6-13/h2-10,18-19H,11H2,1H3. The lowest BCUT2D eigenvalue weighted by atomic mass is 10.1. The Balaban J connectivity index is 2.01. The molecule has 0 bridgehead atoms. The van der Waals surface area contributed by atoms with Crippen molar-refractivity contribution >= 4 is 12.0 Å². The van der Waals surface area contributed by atoms with Gasteiger partial charge in [-0.3, -0.25) is 0 Å². The zero-order chi connectivity index (χ0) is 15.2. The molecule has 2 aromatic rings. The van der Waals surface area contributed by atoms with Crippen LogP contribution in [0, 0.1) is 0 Å². The Labute approximate surface area is 122 Å². The molecule has 0 saturated carbocycles. The van der Waals surface area contributed by atoms with E-state index in [9.17, 15) is 15.0 Å². The molecule has 2 rings (SSSR count). The maximum Gasteiger partial charge on any atom is 0.334 e. The van der Waals surface area contributed by atoms with E-state index in [4.69, 9.17) is 4.74 Å². The van der Waals surface area contributed by atoms with Gasteiger partial charge in [0.25, 0.3) is 0 Å². The number of carbonyl (C=O) groups is 1. The van der Waals surface area contributed by atoms with Crippen LogP contribution in [0.1, 0.15) is 18.1 Å². The Morgan fingerprint density at radius 1 is 1.10 bits per heavy atom. The third kappa shape index (κ3) is 4.11. The molecule has 0 aliphatic heterocycles. The van der Waals surface area contributed by atoms with Crippen LogP contribution in [-0.4, -0.2) is 16.2 Å². The first-order chi connectivity index (χ1) is 10.1. The summed E-state index contributed by atoms with van der Waals surface area (Å²) in [5, 5.41) is 18.6. The minimum absolute atomic E-state index is 0.198. The quantitative estimate of drug-likeness (QED) is 0.514. The molecule has 0 radical (unpaired) electrons. The van der Waals surface area contributed by atoms with Crippen LogP contribution in [0.2, 0.25) is 0 Å². The highest BCUT2D eigenvalue weighted by Gasteiger charge is 2.07. The average Bonchev–Trinajstić information content (AvgIpc) is 2.49. The Morgan fingerprint density at radius 2 is 1.81 bits per heavy atom. The lowest BCUT2D eigenvalue weighted by Crippen LogP contribution is -2.05. The molecule has 4 heteroatoms. The highest BCUT2D eigenvalue weighted by atomic mass is 16.5. The fraction of sp³-hybridized carbons (Fsp3) is 0.118. The third-order valence-electron chi connectivity index (χ3n) is 2.92. The summed E-state index contributed by atoms with van der Waals surface area (Å²) in [4.78, 5) is 11.9. The Kier molecular flexibility index (Phi) is 4.61. The van der Waals surface area contributed by atoms with Gasteiger partial charge in [0.2, 0.25) is 0 Å². The number of phenolic OH excluding ortho intramolecular Hbond substituents is 2.